The Labute approximate surface area is 172 Å². The molecule has 0 unspecified atom stereocenters. The fraction of sp³-hybridized carbons (Fsp3) is 0.524. The summed E-state index contributed by atoms with van der Waals surface area (Å²) in [5, 5.41) is 3.88. The molecular formula is C21H29N3O4S. The Morgan fingerprint density at radius 2 is 1.76 bits per heavy atom. The molecule has 1 saturated heterocycles. The third-order valence-electron chi connectivity index (χ3n) is 5.80. The molecule has 0 spiro atoms. The molecule has 0 radical (unpaired) electrons. The van der Waals surface area contributed by atoms with Crippen LogP contribution in [0.2, 0.25) is 0 Å². The van der Waals surface area contributed by atoms with Gasteiger partial charge in [-0.2, -0.15) is 4.31 Å². The Morgan fingerprint density at radius 1 is 1.14 bits per heavy atom. The van der Waals surface area contributed by atoms with E-state index in [9.17, 15) is 13.2 Å². The van der Waals surface area contributed by atoms with Gasteiger partial charge in [-0.15, -0.1) is 0 Å². The first-order chi connectivity index (χ1) is 13.7. The molecular weight excluding hydrogens is 390 g/mol. The summed E-state index contributed by atoms with van der Waals surface area (Å²) in [6.07, 6.45) is 1.24. The van der Waals surface area contributed by atoms with E-state index in [2.05, 4.69) is 19.0 Å². The number of carbonyl (C=O) groups is 1. The molecule has 7 nitrogen and oxygen atoms in total. The summed E-state index contributed by atoms with van der Waals surface area (Å²) < 4.78 is 32.5. The smallest absolute Gasteiger partial charge is 0.243 e. The second kappa shape index (κ2) is 8.67. The highest BCUT2D eigenvalue weighted by molar-refractivity contribution is 7.89. The van der Waals surface area contributed by atoms with Crippen LogP contribution in [-0.2, 0) is 21.2 Å². The summed E-state index contributed by atoms with van der Waals surface area (Å²) in [5.74, 6) is 1.02. The highest BCUT2D eigenvalue weighted by atomic mass is 32.2. The number of aromatic nitrogens is 1. The summed E-state index contributed by atoms with van der Waals surface area (Å²) in [4.78, 5) is 14.6. The Bertz CT molecular complexity index is 939. The molecule has 1 aliphatic heterocycles. The lowest BCUT2D eigenvalue weighted by atomic mass is 9.99. The normalized spacial score (nSPS) is 16.8. The van der Waals surface area contributed by atoms with Gasteiger partial charge in [-0.25, -0.2) is 8.42 Å². The summed E-state index contributed by atoms with van der Waals surface area (Å²) in [7, 11) is -3.55. The molecule has 1 aliphatic rings. The lowest BCUT2D eigenvalue weighted by molar-refractivity contribution is -0.131. The van der Waals surface area contributed by atoms with Gasteiger partial charge >= 0.3 is 0 Å². The number of amides is 1. The number of piperazine rings is 1. The molecule has 1 aromatic heterocycles. The standard InChI is InChI=1S/C21H29N3O4S/c1-5-15(2)18-6-8-19(9-7-18)29(26,27)24-12-10-23(11-13-24)21(25)14-20-16(3)22-28-17(20)4/h6-9,15H,5,10-14H2,1-4H3/t15-/m0/s1. The van der Waals surface area contributed by atoms with Crippen LogP contribution in [0.25, 0.3) is 0 Å². The summed E-state index contributed by atoms with van der Waals surface area (Å²) in [5.41, 5.74) is 2.67. The predicted molar refractivity (Wildman–Crippen MR) is 110 cm³/mol. The maximum Gasteiger partial charge on any atom is 0.243 e. The quantitative estimate of drug-likeness (QED) is 0.719. The summed E-state index contributed by atoms with van der Waals surface area (Å²) >= 11 is 0. The molecule has 1 atom stereocenters. The van der Waals surface area contributed by atoms with E-state index in [0.29, 0.717) is 42.8 Å². The minimum absolute atomic E-state index is 0.0330. The maximum absolute atomic E-state index is 13.0. The second-order valence-corrected chi connectivity index (χ2v) is 9.58. The van der Waals surface area contributed by atoms with E-state index in [0.717, 1.165) is 23.2 Å². The van der Waals surface area contributed by atoms with Crippen LogP contribution in [0.4, 0.5) is 0 Å². The number of benzene rings is 1. The summed E-state index contributed by atoms with van der Waals surface area (Å²) in [6.45, 7) is 9.20. The van der Waals surface area contributed by atoms with E-state index in [-0.39, 0.29) is 12.3 Å². The van der Waals surface area contributed by atoms with Crippen molar-refractivity contribution in [3.63, 3.8) is 0 Å². The second-order valence-electron chi connectivity index (χ2n) is 7.64. The number of rotatable bonds is 6. The molecule has 0 aliphatic carbocycles. The number of hydrogen-bond donors (Lipinski definition) is 0. The number of nitrogens with zero attached hydrogens (tertiary/aromatic N) is 3. The maximum atomic E-state index is 13.0. The molecule has 158 valence electrons. The van der Waals surface area contributed by atoms with Crippen molar-refractivity contribution < 1.29 is 17.7 Å². The van der Waals surface area contributed by atoms with Gasteiger partial charge in [0, 0.05) is 31.7 Å². The number of carbonyl (C=O) groups excluding carboxylic acids is 1. The molecule has 0 bridgehead atoms. The van der Waals surface area contributed by atoms with Crippen LogP contribution in [0, 0.1) is 13.8 Å². The van der Waals surface area contributed by atoms with E-state index < -0.39 is 10.0 Å². The minimum atomic E-state index is -3.55. The Balaban J connectivity index is 1.62. The fourth-order valence-electron chi connectivity index (χ4n) is 3.55. The van der Waals surface area contributed by atoms with Crippen LogP contribution in [0.3, 0.4) is 0 Å². The van der Waals surface area contributed by atoms with Crippen molar-refractivity contribution in [2.24, 2.45) is 0 Å². The first-order valence-corrected chi connectivity index (χ1v) is 11.5. The van der Waals surface area contributed by atoms with Gasteiger partial charge in [-0.05, 0) is 43.9 Å². The molecule has 1 fully saturated rings. The average molecular weight is 420 g/mol. The van der Waals surface area contributed by atoms with Gasteiger partial charge in [-0.1, -0.05) is 31.1 Å². The van der Waals surface area contributed by atoms with Crippen LogP contribution in [0.15, 0.2) is 33.7 Å². The Kier molecular flexibility index (Phi) is 6.43. The molecule has 29 heavy (non-hydrogen) atoms. The van der Waals surface area contributed by atoms with Gasteiger partial charge in [0.1, 0.15) is 5.76 Å². The molecule has 0 saturated carbocycles. The van der Waals surface area contributed by atoms with Gasteiger partial charge in [0.15, 0.2) is 0 Å². The molecule has 0 N–H and O–H groups in total. The largest absolute Gasteiger partial charge is 0.361 e. The van der Waals surface area contributed by atoms with Gasteiger partial charge < -0.3 is 9.42 Å². The summed E-state index contributed by atoms with van der Waals surface area (Å²) in [6, 6.07) is 7.16. The third kappa shape index (κ3) is 4.53. The van der Waals surface area contributed by atoms with Crippen molar-refractivity contribution >= 4 is 15.9 Å². The van der Waals surface area contributed by atoms with Crippen molar-refractivity contribution in [2.45, 2.75) is 51.3 Å². The fourth-order valence-corrected chi connectivity index (χ4v) is 4.97. The van der Waals surface area contributed by atoms with E-state index in [1.165, 1.54) is 4.31 Å². The molecule has 2 aromatic rings. The van der Waals surface area contributed by atoms with Gasteiger partial charge in [0.05, 0.1) is 17.0 Å². The van der Waals surface area contributed by atoms with E-state index in [1.54, 1.807) is 24.0 Å². The average Bonchev–Trinajstić information content (AvgIpc) is 3.05. The molecule has 3 rings (SSSR count). The Hall–Kier alpha value is -2.19. The third-order valence-corrected chi connectivity index (χ3v) is 7.71. The van der Waals surface area contributed by atoms with Crippen molar-refractivity contribution in [3.8, 4) is 0 Å². The zero-order valence-corrected chi connectivity index (χ0v) is 18.3. The van der Waals surface area contributed by atoms with Crippen molar-refractivity contribution in [2.75, 3.05) is 26.2 Å². The Morgan fingerprint density at radius 3 is 2.28 bits per heavy atom. The van der Waals surface area contributed by atoms with Gasteiger partial charge in [0.25, 0.3) is 0 Å². The zero-order valence-electron chi connectivity index (χ0n) is 17.5. The van der Waals surface area contributed by atoms with Crippen molar-refractivity contribution in [1.82, 2.24) is 14.4 Å². The van der Waals surface area contributed by atoms with Crippen LogP contribution < -0.4 is 0 Å². The monoisotopic (exact) mass is 419 g/mol. The van der Waals surface area contributed by atoms with Crippen LogP contribution in [0.5, 0.6) is 0 Å². The number of hydrogen-bond acceptors (Lipinski definition) is 5. The first-order valence-electron chi connectivity index (χ1n) is 10.0. The van der Waals surface area contributed by atoms with E-state index in [1.807, 2.05) is 19.1 Å². The predicted octanol–water partition coefficient (Wildman–Crippen LogP) is 2.88. The molecule has 2 heterocycles. The van der Waals surface area contributed by atoms with Crippen LogP contribution in [-0.4, -0.2) is 54.9 Å². The lowest BCUT2D eigenvalue weighted by Crippen LogP contribution is -2.50. The molecule has 8 heteroatoms. The van der Waals surface area contributed by atoms with E-state index >= 15 is 0 Å². The SMILES string of the molecule is CC[C@H](C)c1ccc(S(=O)(=O)N2CCN(C(=O)Cc3c(C)noc3C)CC2)cc1. The van der Waals surface area contributed by atoms with Gasteiger partial charge in [0.2, 0.25) is 15.9 Å². The number of aryl methyl sites for hydroxylation is 2. The lowest BCUT2D eigenvalue weighted by Gasteiger charge is -2.34. The highest BCUT2D eigenvalue weighted by Gasteiger charge is 2.30. The van der Waals surface area contributed by atoms with E-state index in [4.69, 9.17) is 4.52 Å². The minimum Gasteiger partial charge on any atom is -0.361 e. The van der Waals surface area contributed by atoms with Crippen LogP contribution in [0.1, 0.15) is 48.8 Å². The molecule has 1 amide bonds. The topological polar surface area (TPSA) is 83.7 Å². The van der Waals surface area contributed by atoms with Gasteiger partial charge in [-0.3, -0.25) is 4.79 Å². The van der Waals surface area contributed by atoms with Crippen LogP contribution >= 0.6 is 0 Å². The molecule has 1 aromatic carbocycles. The zero-order chi connectivity index (χ0) is 21.2. The first kappa shape index (κ1) is 21.5. The highest BCUT2D eigenvalue weighted by Crippen LogP contribution is 2.23. The van der Waals surface area contributed by atoms with Crippen molar-refractivity contribution in [3.05, 3.63) is 46.8 Å². The van der Waals surface area contributed by atoms with Crippen molar-refractivity contribution in [1.29, 1.82) is 0 Å². The number of sulfonamides is 1.